The van der Waals surface area contributed by atoms with Gasteiger partial charge in [0.15, 0.2) is 5.69 Å². The molecule has 0 atom stereocenters. The molecule has 5 aromatic carbocycles. The fourth-order valence-electron chi connectivity index (χ4n) is 5.88. The van der Waals surface area contributed by atoms with Crippen molar-refractivity contribution in [2.75, 3.05) is 0 Å². The Morgan fingerprint density at radius 2 is 1.52 bits per heavy atom. The smallest absolute Gasteiger partial charge is 0.307 e. The van der Waals surface area contributed by atoms with E-state index in [1.54, 1.807) is 0 Å². The van der Waals surface area contributed by atoms with Crippen molar-refractivity contribution in [2.45, 2.75) is 17.7 Å². The fourth-order valence-corrected chi connectivity index (χ4v) is 7.43. The third kappa shape index (κ3) is 5.84. The van der Waals surface area contributed by atoms with Crippen LogP contribution in [0.4, 0.5) is 27.6 Å². The van der Waals surface area contributed by atoms with E-state index in [1.165, 1.54) is 48.5 Å². The van der Waals surface area contributed by atoms with E-state index in [0.717, 1.165) is 52.5 Å². The molecule has 0 fully saturated rings. The van der Waals surface area contributed by atoms with Crippen LogP contribution < -0.4 is 0 Å². The van der Waals surface area contributed by atoms with E-state index < -0.39 is 62.3 Å². The molecular formula is C37H20F5N3O4S. The van der Waals surface area contributed by atoms with Crippen LogP contribution in [0.3, 0.4) is 0 Å². The summed E-state index contributed by atoms with van der Waals surface area (Å²) in [6, 6.07) is 20.3. The molecule has 6 rings (SSSR count). The SMILES string of the molecule is [C-]#[N+]c1cccc(C#N)c1-c1c(-c2cccc(-c3c(F)cc(CC(=O)O)cc3F)c2)n(S(=O)(=O)c2ccc(C(F)F)cc2)c2ccc(F)cc12. The molecule has 13 heteroatoms. The van der Waals surface area contributed by atoms with Crippen LogP contribution in [0.2, 0.25) is 0 Å². The molecule has 1 heterocycles. The van der Waals surface area contributed by atoms with E-state index in [2.05, 4.69) is 4.85 Å². The minimum absolute atomic E-state index is 0.000954. The summed E-state index contributed by atoms with van der Waals surface area (Å²) in [6.07, 6.45) is -3.54. The Balaban J connectivity index is 1.75. The Labute approximate surface area is 281 Å². The number of carboxylic acids is 1. The third-order valence-corrected chi connectivity index (χ3v) is 9.70. The zero-order valence-corrected chi connectivity index (χ0v) is 26.2. The summed E-state index contributed by atoms with van der Waals surface area (Å²) in [7, 11) is -4.75. The Hall–Kier alpha value is -6.31. The normalized spacial score (nSPS) is 11.4. The number of carbonyl (C=O) groups is 1. The van der Waals surface area contributed by atoms with Crippen molar-refractivity contribution in [1.29, 1.82) is 5.26 Å². The first-order valence-electron chi connectivity index (χ1n) is 14.5. The topological polar surface area (TPSA) is 105 Å². The van der Waals surface area contributed by atoms with Gasteiger partial charge < -0.3 is 5.11 Å². The lowest BCUT2D eigenvalue weighted by Crippen LogP contribution is -2.14. The summed E-state index contributed by atoms with van der Waals surface area (Å²) >= 11 is 0. The van der Waals surface area contributed by atoms with Gasteiger partial charge in [-0.05, 0) is 65.7 Å². The summed E-state index contributed by atoms with van der Waals surface area (Å²) < 4.78 is 102. The number of halogens is 5. The summed E-state index contributed by atoms with van der Waals surface area (Å²) in [6.45, 7) is 7.84. The van der Waals surface area contributed by atoms with Crippen molar-refractivity contribution < 1.29 is 40.3 Å². The van der Waals surface area contributed by atoms with E-state index in [4.69, 9.17) is 11.7 Å². The minimum atomic E-state index is -4.75. The zero-order chi connectivity index (χ0) is 35.9. The van der Waals surface area contributed by atoms with E-state index >= 15 is 8.78 Å². The van der Waals surface area contributed by atoms with E-state index in [1.807, 2.05) is 6.07 Å². The van der Waals surface area contributed by atoms with Crippen molar-refractivity contribution >= 4 is 32.6 Å². The van der Waals surface area contributed by atoms with Crippen molar-refractivity contribution in [3.63, 3.8) is 0 Å². The molecule has 0 spiro atoms. The molecule has 1 N–H and O–H groups in total. The number of aromatic nitrogens is 1. The molecule has 0 amide bonds. The first-order valence-corrected chi connectivity index (χ1v) is 16.0. The Morgan fingerprint density at radius 1 is 0.860 bits per heavy atom. The van der Waals surface area contributed by atoms with Crippen LogP contribution in [0.5, 0.6) is 0 Å². The summed E-state index contributed by atoms with van der Waals surface area (Å²) in [4.78, 5) is 14.2. The van der Waals surface area contributed by atoms with Gasteiger partial charge in [-0.25, -0.2) is 39.2 Å². The second kappa shape index (κ2) is 13.0. The van der Waals surface area contributed by atoms with Crippen molar-refractivity contribution in [3.05, 3.63) is 143 Å². The van der Waals surface area contributed by atoms with Crippen molar-refractivity contribution in [3.8, 4) is 39.6 Å². The van der Waals surface area contributed by atoms with Crippen LogP contribution in [0.1, 0.15) is 23.1 Å². The van der Waals surface area contributed by atoms with Crippen LogP contribution in [0.25, 0.3) is 49.3 Å². The van der Waals surface area contributed by atoms with Gasteiger partial charge in [0.25, 0.3) is 16.4 Å². The molecule has 7 nitrogen and oxygen atoms in total. The lowest BCUT2D eigenvalue weighted by molar-refractivity contribution is -0.136. The maximum absolute atomic E-state index is 15.4. The van der Waals surface area contributed by atoms with Gasteiger partial charge >= 0.3 is 5.97 Å². The second-order valence-electron chi connectivity index (χ2n) is 11.0. The summed E-state index contributed by atoms with van der Waals surface area (Å²) in [5, 5.41) is 19.1. The van der Waals surface area contributed by atoms with Gasteiger partial charge in [0.1, 0.15) is 17.5 Å². The summed E-state index contributed by atoms with van der Waals surface area (Å²) in [5.41, 5.74) is -1.83. The van der Waals surface area contributed by atoms with E-state index in [-0.39, 0.29) is 55.7 Å². The van der Waals surface area contributed by atoms with Gasteiger partial charge in [-0.3, -0.25) is 4.79 Å². The number of rotatable bonds is 8. The predicted octanol–water partition coefficient (Wildman–Crippen LogP) is 9.28. The molecule has 0 aliphatic rings. The zero-order valence-electron chi connectivity index (χ0n) is 25.3. The van der Waals surface area contributed by atoms with Crippen LogP contribution in [-0.4, -0.2) is 23.5 Å². The van der Waals surface area contributed by atoms with Crippen molar-refractivity contribution in [2.24, 2.45) is 0 Å². The average Bonchev–Trinajstić information content (AvgIpc) is 3.42. The van der Waals surface area contributed by atoms with Gasteiger partial charge in [-0.15, -0.1) is 0 Å². The largest absolute Gasteiger partial charge is 0.481 e. The number of nitrogens with zero attached hydrogens (tertiary/aromatic N) is 3. The van der Waals surface area contributed by atoms with Crippen LogP contribution in [-0.2, 0) is 21.2 Å². The van der Waals surface area contributed by atoms with Gasteiger partial charge in [0.2, 0.25) is 0 Å². The lowest BCUT2D eigenvalue weighted by atomic mass is 9.92. The molecule has 1 aromatic heterocycles. The molecule has 0 aliphatic heterocycles. The van der Waals surface area contributed by atoms with Crippen molar-refractivity contribution in [1.82, 2.24) is 3.97 Å². The van der Waals surface area contributed by atoms with Gasteiger partial charge in [-0.2, -0.15) is 5.26 Å². The molecule has 0 aliphatic carbocycles. The number of fused-ring (bicyclic) bond motifs is 1. The first kappa shape index (κ1) is 33.6. The second-order valence-corrected chi connectivity index (χ2v) is 12.8. The highest BCUT2D eigenvalue weighted by atomic mass is 32.2. The lowest BCUT2D eigenvalue weighted by Gasteiger charge is -2.16. The molecular weight excluding hydrogens is 677 g/mol. The minimum Gasteiger partial charge on any atom is -0.481 e. The van der Waals surface area contributed by atoms with Crippen LogP contribution in [0, 0.1) is 35.4 Å². The molecule has 0 saturated heterocycles. The Morgan fingerprint density at radius 3 is 2.14 bits per heavy atom. The van der Waals surface area contributed by atoms with E-state index in [9.17, 15) is 31.6 Å². The fraction of sp³-hybridized carbons (Fsp3) is 0.0541. The number of hydrogen-bond acceptors (Lipinski definition) is 4. The molecule has 0 radical (unpaired) electrons. The number of carboxylic acid groups (broad SMARTS) is 1. The number of nitriles is 1. The maximum Gasteiger partial charge on any atom is 0.307 e. The Bertz CT molecular complexity index is 2500. The van der Waals surface area contributed by atoms with Crippen LogP contribution >= 0.6 is 0 Å². The highest BCUT2D eigenvalue weighted by Crippen LogP contribution is 2.48. The van der Waals surface area contributed by atoms with Gasteiger partial charge in [0, 0.05) is 33.2 Å². The predicted molar refractivity (Wildman–Crippen MR) is 174 cm³/mol. The standard InChI is InChI=1S/C37H20F5N3O4S/c1-44-30-7-3-6-24(19-43)34(30)35-27-18-25(38)10-13-31(27)45(50(48,49)26-11-8-21(9-12-26)37(41)42)36(35)23-5-2-4-22(17-23)33-28(39)14-20(15-29(33)40)16-32(46)47/h2-15,17-18,37H,16H2,(H,46,47). The molecule has 248 valence electrons. The first-order chi connectivity index (χ1) is 23.8. The molecule has 0 saturated carbocycles. The average molecular weight is 698 g/mol. The number of alkyl halides is 2. The van der Waals surface area contributed by atoms with Gasteiger partial charge in [-0.1, -0.05) is 42.5 Å². The number of aliphatic carboxylic acids is 1. The molecule has 6 aromatic rings. The quantitative estimate of drug-likeness (QED) is 0.126. The van der Waals surface area contributed by atoms with Gasteiger partial charge in [0.05, 0.1) is 40.7 Å². The molecule has 0 bridgehead atoms. The Kier molecular flexibility index (Phi) is 8.70. The summed E-state index contributed by atoms with van der Waals surface area (Å²) in [5.74, 6) is -4.30. The molecule has 50 heavy (non-hydrogen) atoms. The number of hydrogen-bond donors (Lipinski definition) is 1. The molecule has 0 unspecified atom stereocenters. The maximum atomic E-state index is 15.4. The number of benzene rings is 5. The third-order valence-electron chi connectivity index (χ3n) is 7.97. The monoisotopic (exact) mass is 697 g/mol. The highest BCUT2D eigenvalue weighted by Gasteiger charge is 2.31. The highest BCUT2D eigenvalue weighted by molar-refractivity contribution is 7.90. The van der Waals surface area contributed by atoms with Crippen LogP contribution in [0.15, 0.2) is 102 Å². The van der Waals surface area contributed by atoms with E-state index in [0.29, 0.717) is 0 Å².